The molecule has 0 amide bonds. The van der Waals surface area contributed by atoms with Crippen LogP contribution in [-0.2, 0) is 23.7 Å². The zero-order valence-corrected chi connectivity index (χ0v) is 17.2. The van der Waals surface area contributed by atoms with Crippen molar-refractivity contribution in [1.29, 1.82) is 0 Å². The third kappa shape index (κ3) is 5.26. The Morgan fingerprint density at radius 3 is 2.61 bits per heavy atom. The van der Waals surface area contributed by atoms with E-state index in [0.717, 1.165) is 5.56 Å². The van der Waals surface area contributed by atoms with E-state index >= 15 is 0 Å². The molecule has 1 saturated heterocycles. The van der Waals surface area contributed by atoms with Crippen molar-refractivity contribution in [2.75, 3.05) is 19.8 Å². The van der Waals surface area contributed by atoms with E-state index in [1.54, 1.807) is 6.07 Å². The van der Waals surface area contributed by atoms with Crippen molar-refractivity contribution in [2.45, 2.75) is 58.5 Å². The Kier molecular flexibility index (Phi) is 6.05. The van der Waals surface area contributed by atoms with E-state index in [1.807, 2.05) is 46.8 Å². The average molecular weight is 392 g/mol. The van der Waals surface area contributed by atoms with Crippen LogP contribution in [0.5, 0.6) is 5.75 Å². The number of carbonyl (C=O) groups is 1. The molecule has 8 heteroatoms. The zero-order chi connectivity index (χ0) is 20.5. The summed E-state index contributed by atoms with van der Waals surface area (Å²) in [5.41, 5.74) is 0.739. The summed E-state index contributed by atoms with van der Waals surface area (Å²) in [6.45, 7) is 10.7. The third-order valence-electron chi connectivity index (χ3n) is 4.57. The zero-order valence-electron chi connectivity index (χ0n) is 17.2. The minimum atomic E-state index is -1.14. The first-order chi connectivity index (χ1) is 13.0. The maximum atomic E-state index is 12.2. The average Bonchev–Trinajstić information content (AvgIpc) is 2.88. The Labute approximate surface area is 166 Å². The summed E-state index contributed by atoms with van der Waals surface area (Å²) in [5.74, 6) is -0.297. The van der Waals surface area contributed by atoms with Gasteiger partial charge in [-0.3, -0.25) is 4.79 Å². The monoisotopic (exact) mass is 392 g/mol. The number of fused-ring (bicyclic) bond motifs is 1. The van der Waals surface area contributed by atoms with Gasteiger partial charge in [0.15, 0.2) is 5.79 Å². The Balaban J connectivity index is 1.65. The van der Waals surface area contributed by atoms with Crippen molar-refractivity contribution in [3.8, 4) is 5.75 Å². The van der Waals surface area contributed by atoms with Gasteiger partial charge in [0.25, 0.3) is 0 Å². The molecule has 0 radical (unpaired) electrons. The van der Waals surface area contributed by atoms with Crippen molar-refractivity contribution >= 4 is 18.6 Å². The van der Waals surface area contributed by atoms with Crippen molar-refractivity contribution in [3.05, 3.63) is 23.8 Å². The van der Waals surface area contributed by atoms with Crippen LogP contribution in [0.1, 0.15) is 52.7 Å². The number of esters is 1. The smallest absolute Gasteiger partial charge is 0.493 e. The molecule has 0 bridgehead atoms. The standard InChI is InChI=1S/C20H29BO7/c1-19(2,3)27-17(22)9-16-14-7-6-8-15(18(14)21(23)28-16)24-10-13-11-25-20(4,5)26-12-13/h6-8,13,16,23H,9-12H2,1-5H3. The second kappa shape index (κ2) is 8.03. The lowest BCUT2D eigenvalue weighted by molar-refractivity contribution is -0.264. The molecule has 0 spiro atoms. The predicted molar refractivity (Wildman–Crippen MR) is 103 cm³/mol. The maximum absolute atomic E-state index is 12.2. The van der Waals surface area contributed by atoms with Gasteiger partial charge in [-0.2, -0.15) is 0 Å². The minimum absolute atomic E-state index is 0.0319. The molecule has 154 valence electrons. The van der Waals surface area contributed by atoms with Crippen molar-refractivity contribution in [3.63, 3.8) is 0 Å². The van der Waals surface area contributed by atoms with Crippen LogP contribution in [0.4, 0.5) is 0 Å². The fourth-order valence-corrected chi connectivity index (χ4v) is 3.25. The second-order valence-corrected chi connectivity index (χ2v) is 8.73. The summed E-state index contributed by atoms with van der Waals surface area (Å²) in [7, 11) is -1.14. The number of rotatable bonds is 5. The van der Waals surface area contributed by atoms with Crippen LogP contribution >= 0.6 is 0 Å². The van der Waals surface area contributed by atoms with Crippen LogP contribution in [0.15, 0.2) is 18.2 Å². The summed E-state index contributed by atoms with van der Waals surface area (Å²) in [4.78, 5) is 12.2. The summed E-state index contributed by atoms with van der Waals surface area (Å²) < 4.78 is 28.2. The number of benzene rings is 1. The molecule has 28 heavy (non-hydrogen) atoms. The van der Waals surface area contributed by atoms with Gasteiger partial charge in [0, 0.05) is 11.4 Å². The quantitative estimate of drug-likeness (QED) is 0.606. The molecule has 2 aliphatic rings. The molecule has 1 aromatic carbocycles. The van der Waals surface area contributed by atoms with Crippen molar-refractivity contribution in [2.24, 2.45) is 5.92 Å². The highest BCUT2D eigenvalue weighted by molar-refractivity contribution is 6.62. The number of hydrogen-bond donors (Lipinski definition) is 1. The van der Waals surface area contributed by atoms with Gasteiger partial charge in [0.05, 0.1) is 32.3 Å². The van der Waals surface area contributed by atoms with Gasteiger partial charge in [-0.15, -0.1) is 0 Å². The summed E-state index contributed by atoms with van der Waals surface area (Å²) in [5, 5.41) is 10.4. The molecule has 1 N–H and O–H groups in total. The van der Waals surface area contributed by atoms with E-state index in [4.69, 9.17) is 23.6 Å². The molecule has 0 aromatic heterocycles. The predicted octanol–water partition coefficient (Wildman–Crippen LogP) is 1.96. The van der Waals surface area contributed by atoms with E-state index < -0.39 is 24.6 Å². The molecule has 1 atom stereocenters. The SMILES string of the molecule is CC(C)(C)OC(=O)CC1OB(O)c2c(OCC3COC(C)(C)OC3)cccc21. The van der Waals surface area contributed by atoms with E-state index in [2.05, 4.69) is 0 Å². The Hall–Kier alpha value is -1.61. The van der Waals surface area contributed by atoms with Crippen LogP contribution in [0.25, 0.3) is 0 Å². The highest BCUT2D eigenvalue weighted by Crippen LogP contribution is 2.31. The van der Waals surface area contributed by atoms with Crippen molar-refractivity contribution < 1.29 is 33.4 Å². The van der Waals surface area contributed by atoms with Gasteiger partial charge in [0.2, 0.25) is 0 Å². The van der Waals surface area contributed by atoms with E-state index in [0.29, 0.717) is 31.0 Å². The highest BCUT2D eigenvalue weighted by Gasteiger charge is 2.39. The van der Waals surface area contributed by atoms with E-state index in [9.17, 15) is 9.82 Å². The molecule has 7 nitrogen and oxygen atoms in total. The molecule has 0 saturated carbocycles. The fourth-order valence-electron chi connectivity index (χ4n) is 3.25. The van der Waals surface area contributed by atoms with Gasteiger partial charge < -0.3 is 28.6 Å². The Bertz CT molecular complexity index is 703. The molecule has 1 unspecified atom stereocenters. The van der Waals surface area contributed by atoms with Gasteiger partial charge >= 0.3 is 13.1 Å². The lowest BCUT2D eigenvalue weighted by Gasteiger charge is -2.34. The molecule has 3 rings (SSSR count). The molecular weight excluding hydrogens is 363 g/mol. The molecule has 0 aliphatic carbocycles. The first-order valence-corrected chi connectivity index (χ1v) is 9.63. The largest absolute Gasteiger partial charge is 0.495 e. The van der Waals surface area contributed by atoms with Gasteiger partial charge in [0.1, 0.15) is 11.4 Å². The maximum Gasteiger partial charge on any atom is 0.495 e. The van der Waals surface area contributed by atoms with Gasteiger partial charge in [-0.25, -0.2) is 0 Å². The third-order valence-corrected chi connectivity index (χ3v) is 4.57. The Morgan fingerprint density at radius 1 is 1.29 bits per heavy atom. The van der Waals surface area contributed by atoms with Crippen LogP contribution in [0.2, 0.25) is 0 Å². The van der Waals surface area contributed by atoms with Gasteiger partial charge in [-0.05, 0) is 46.2 Å². The van der Waals surface area contributed by atoms with Gasteiger partial charge in [-0.1, -0.05) is 12.1 Å². The van der Waals surface area contributed by atoms with E-state index in [1.165, 1.54) is 0 Å². The van der Waals surface area contributed by atoms with Crippen molar-refractivity contribution in [1.82, 2.24) is 0 Å². The lowest BCUT2D eigenvalue weighted by Crippen LogP contribution is -2.41. The molecule has 1 fully saturated rings. The topological polar surface area (TPSA) is 83.5 Å². The summed E-state index contributed by atoms with van der Waals surface area (Å²) in [6, 6.07) is 5.45. The van der Waals surface area contributed by atoms with Crippen LogP contribution in [0, 0.1) is 5.92 Å². The second-order valence-electron chi connectivity index (χ2n) is 8.73. The Morgan fingerprint density at radius 2 is 1.96 bits per heavy atom. The fraction of sp³-hybridized carbons (Fsp3) is 0.650. The molecule has 2 heterocycles. The number of hydrogen-bond acceptors (Lipinski definition) is 7. The lowest BCUT2D eigenvalue weighted by atomic mass is 9.78. The minimum Gasteiger partial charge on any atom is -0.493 e. The van der Waals surface area contributed by atoms with E-state index in [-0.39, 0.29) is 18.3 Å². The summed E-state index contributed by atoms with van der Waals surface area (Å²) in [6.07, 6.45) is -0.532. The molecule has 1 aromatic rings. The molecular formula is C20H29BO7. The van der Waals surface area contributed by atoms with Crippen LogP contribution < -0.4 is 10.2 Å². The van der Waals surface area contributed by atoms with Crippen LogP contribution in [0.3, 0.4) is 0 Å². The number of carbonyl (C=O) groups excluding carboxylic acids is 1. The number of ether oxygens (including phenoxy) is 4. The summed E-state index contributed by atoms with van der Waals surface area (Å²) >= 11 is 0. The first kappa shape index (κ1) is 21.1. The van der Waals surface area contributed by atoms with Crippen LogP contribution in [-0.4, -0.2) is 49.3 Å². The normalized spacial score (nSPS) is 22.1. The first-order valence-electron chi connectivity index (χ1n) is 9.63. The highest BCUT2D eigenvalue weighted by atomic mass is 16.7. The molecule has 2 aliphatic heterocycles.